The number of rotatable bonds is 5. The standard InChI is InChI=1S/C9H19NO.C3H8.C2H5NO/c1-2-3-4-5-10-6-8-11-9-7-10;1-3-2;1-3-2-4/h2-9H2,1H3;3H2,1-2H3;2H,1H3,(H,3,4). The maximum atomic E-state index is 9.06. The number of morpholine rings is 1. The van der Waals surface area contributed by atoms with Crippen molar-refractivity contribution in [2.45, 2.75) is 46.5 Å². The number of amides is 1. The monoisotopic (exact) mass is 260 g/mol. The lowest BCUT2D eigenvalue weighted by Crippen LogP contribution is -2.36. The third-order valence-corrected chi connectivity index (χ3v) is 2.30. The van der Waals surface area contributed by atoms with Crippen LogP contribution in [0.4, 0.5) is 0 Å². The first-order valence-corrected chi connectivity index (χ1v) is 7.17. The average molecular weight is 260 g/mol. The molecule has 1 amide bonds. The van der Waals surface area contributed by atoms with Crippen LogP contribution in [0, 0.1) is 0 Å². The van der Waals surface area contributed by atoms with Gasteiger partial charge in [-0.05, 0) is 13.0 Å². The summed E-state index contributed by atoms with van der Waals surface area (Å²) in [6.45, 7) is 11.9. The molecule has 0 saturated carbocycles. The van der Waals surface area contributed by atoms with E-state index in [1.807, 2.05) is 0 Å². The summed E-state index contributed by atoms with van der Waals surface area (Å²) in [6.07, 6.45) is 5.93. The van der Waals surface area contributed by atoms with Crippen molar-refractivity contribution >= 4 is 6.41 Å². The van der Waals surface area contributed by atoms with E-state index >= 15 is 0 Å². The van der Waals surface area contributed by atoms with Crippen molar-refractivity contribution in [2.24, 2.45) is 0 Å². The quantitative estimate of drug-likeness (QED) is 0.609. The molecule has 1 aliphatic rings. The average Bonchev–Trinajstić information content (AvgIpc) is 2.41. The molecule has 1 rings (SSSR count). The highest BCUT2D eigenvalue weighted by molar-refractivity contribution is 5.44. The van der Waals surface area contributed by atoms with Gasteiger partial charge in [-0.2, -0.15) is 0 Å². The second kappa shape index (κ2) is 18.7. The highest BCUT2D eigenvalue weighted by Gasteiger charge is 2.08. The number of unbranched alkanes of at least 4 members (excludes halogenated alkanes) is 2. The second-order valence-electron chi connectivity index (χ2n) is 4.27. The number of hydrogen-bond donors (Lipinski definition) is 1. The van der Waals surface area contributed by atoms with Crippen LogP contribution in [0.2, 0.25) is 0 Å². The molecule has 0 aromatic heterocycles. The van der Waals surface area contributed by atoms with Gasteiger partial charge in [0.2, 0.25) is 6.41 Å². The lowest BCUT2D eigenvalue weighted by Gasteiger charge is -2.26. The number of nitrogens with zero attached hydrogens (tertiary/aromatic N) is 1. The summed E-state index contributed by atoms with van der Waals surface area (Å²) in [7, 11) is 1.56. The highest BCUT2D eigenvalue weighted by Crippen LogP contribution is 2.01. The van der Waals surface area contributed by atoms with Gasteiger partial charge in [0.05, 0.1) is 13.2 Å². The fourth-order valence-corrected chi connectivity index (χ4v) is 1.41. The Morgan fingerprint density at radius 2 is 1.67 bits per heavy atom. The molecule has 1 heterocycles. The molecular weight excluding hydrogens is 228 g/mol. The van der Waals surface area contributed by atoms with Gasteiger partial charge in [0.1, 0.15) is 0 Å². The Morgan fingerprint density at radius 3 is 2.06 bits per heavy atom. The first-order valence-electron chi connectivity index (χ1n) is 7.17. The molecule has 0 atom stereocenters. The predicted molar refractivity (Wildman–Crippen MR) is 77.9 cm³/mol. The van der Waals surface area contributed by atoms with Crippen LogP contribution in [-0.2, 0) is 9.53 Å². The summed E-state index contributed by atoms with van der Waals surface area (Å²) in [4.78, 5) is 11.6. The van der Waals surface area contributed by atoms with E-state index in [1.165, 1.54) is 32.2 Å². The predicted octanol–water partition coefficient (Wildman–Crippen LogP) is 2.29. The lowest BCUT2D eigenvalue weighted by molar-refractivity contribution is -0.109. The minimum atomic E-state index is 0.625. The van der Waals surface area contributed by atoms with Crippen LogP contribution in [0.3, 0.4) is 0 Å². The van der Waals surface area contributed by atoms with Crippen LogP contribution in [0.1, 0.15) is 46.5 Å². The first-order chi connectivity index (χ1) is 8.76. The van der Waals surface area contributed by atoms with E-state index < -0.39 is 0 Å². The Bertz CT molecular complexity index is 149. The lowest BCUT2D eigenvalue weighted by atomic mass is 10.2. The van der Waals surface area contributed by atoms with Gasteiger partial charge in [0.25, 0.3) is 0 Å². The minimum Gasteiger partial charge on any atom is -0.379 e. The summed E-state index contributed by atoms with van der Waals surface area (Å²) >= 11 is 0. The van der Waals surface area contributed by atoms with E-state index in [0.717, 1.165) is 26.3 Å². The third-order valence-electron chi connectivity index (χ3n) is 2.30. The van der Waals surface area contributed by atoms with Crippen LogP contribution in [0.15, 0.2) is 0 Å². The molecule has 0 unspecified atom stereocenters. The molecular formula is C14H32N2O2. The van der Waals surface area contributed by atoms with Gasteiger partial charge in [-0.15, -0.1) is 0 Å². The van der Waals surface area contributed by atoms with Gasteiger partial charge >= 0.3 is 0 Å². The number of carbonyl (C=O) groups excluding carboxylic acids is 1. The van der Waals surface area contributed by atoms with Crippen molar-refractivity contribution < 1.29 is 9.53 Å². The molecule has 4 heteroatoms. The van der Waals surface area contributed by atoms with Gasteiger partial charge in [0.15, 0.2) is 0 Å². The van der Waals surface area contributed by atoms with Crippen LogP contribution >= 0.6 is 0 Å². The molecule has 0 aromatic carbocycles. The fourth-order valence-electron chi connectivity index (χ4n) is 1.41. The van der Waals surface area contributed by atoms with Crippen molar-refractivity contribution in [1.82, 2.24) is 10.2 Å². The van der Waals surface area contributed by atoms with E-state index in [4.69, 9.17) is 9.53 Å². The molecule has 0 spiro atoms. The molecule has 1 fully saturated rings. The summed E-state index contributed by atoms with van der Waals surface area (Å²) < 4.78 is 5.26. The van der Waals surface area contributed by atoms with Crippen LogP contribution < -0.4 is 5.32 Å². The van der Waals surface area contributed by atoms with Crippen molar-refractivity contribution in [3.8, 4) is 0 Å². The van der Waals surface area contributed by atoms with E-state index in [0.29, 0.717) is 6.41 Å². The Balaban J connectivity index is 0. The summed E-state index contributed by atoms with van der Waals surface area (Å²) in [5.41, 5.74) is 0. The molecule has 18 heavy (non-hydrogen) atoms. The largest absolute Gasteiger partial charge is 0.379 e. The molecule has 1 N–H and O–H groups in total. The Hall–Kier alpha value is -0.610. The van der Waals surface area contributed by atoms with Gasteiger partial charge < -0.3 is 10.1 Å². The van der Waals surface area contributed by atoms with Crippen molar-refractivity contribution in [3.05, 3.63) is 0 Å². The molecule has 0 radical (unpaired) electrons. The Labute approximate surface area is 113 Å². The van der Waals surface area contributed by atoms with Gasteiger partial charge in [-0.25, -0.2) is 0 Å². The zero-order chi connectivity index (χ0) is 14.1. The number of carbonyl (C=O) groups is 1. The molecule has 4 nitrogen and oxygen atoms in total. The summed E-state index contributed by atoms with van der Waals surface area (Å²) in [6, 6.07) is 0. The van der Waals surface area contributed by atoms with Crippen molar-refractivity contribution in [3.63, 3.8) is 0 Å². The molecule has 110 valence electrons. The number of nitrogens with one attached hydrogen (secondary N) is 1. The van der Waals surface area contributed by atoms with E-state index in [1.54, 1.807) is 7.05 Å². The zero-order valence-electron chi connectivity index (χ0n) is 12.7. The Kier molecular flexibility index (Phi) is 20.5. The topological polar surface area (TPSA) is 41.6 Å². The SMILES string of the molecule is CCC.CCCCCN1CCOCC1.CNC=O. The van der Waals surface area contributed by atoms with Gasteiger partial charge in [-0.3, -0.25) is 9.69 Å². The molecule has 0 aromatic rings. The van der Waals surface area contributed by atoms with Gasteiger partial charge in [-0.1, -0.05) is 40.0 Å². The van der Waals surface area contributed by atoms with Crippen LogP contribution in [0.5, 0.6) is 0 Å². The zero-order valence-corrected chi connectivity index (χ0v) is 12.7. The number of ether oxygens (including phenoxy) is 1. The molecule has 1 aliphatic heterocycles. The van der Waals surface area contributed by atoms with Crippen LogP contribution in [0.25, 0.3) is 0 Å². The molecule has 0 bridgehead atoms. The normalized spacial score (nSPS) is 14.7. The highest BCUT2D eigenvalue weighted by atomic mass is 16.5. The third kappa shape index (κ3) is 17.8. The smallest absolute Gasteiger partial charge is 0.206 e. The Morgan fingerprint density at radius 1 is 1.17 bits per heavy atom. The van der Waals surface area contributed by atoms with Crippen LogP contribution in [-0.4, -0.2) is 51.2 Å². The molecule has 1 saturated heterocycles. The van der Waals surface area contributed by atoms with E-state index in [-0.39, 0.29) is 0 Å². The first kappa shape index (κ1) is 19.7. The molecule has 0 aliphatic carbocycles. The fraction of sp³-hybridized carbons (Fsp3) is 0.929. The second-order valence-corrected chi connectivity index (χ2v) is 4.27. The maximum absolute atomic E-state index is 9.06. The summed E-state index contributed by atoms with van der Waals surface area (Å²) in [5.74, 6) is 0. The number of hydrogen-bond acceptors (Lipinski definition) is 3. The minimum absolute atomic E-state index is 0.625. The maximum Gasteiger partial charge on any atom is 0.206 e. The van der Waals surface area contributed by atoms with Crippen molar-refractivity contribution in [1.29, 1.82) is 0 Å². The van der Waals surface area contributed by atoms with E-state index in [2.05, 4.69) is 31.0 Å². The summed E-state index contributed by atoms with van der Waals surface area (Å²) in [5, 5.41) is 2.25. The van der Waals surface area contributed by atoms with E-state index in [9.17, 15) is 0 Å². The van der Waals surface area contributed by atoms with Gasteiger partial charge in [0, 0.05) is 20.1 Å². The van der Waals surface area contributed by atoms with Crippen molar-refractivity contribution in [2.75, 3.05) is 39.9 Å².